The second-order valence-corrected chi connectivity index (χ2v) is 4.09. The maximum atomic E-state index is 9.13. The third-order valence-corrected chi connectivity index (χ3v) is 2.96. The van der Waals surface area contributed by atoms with Crippen LogP contribution in [-0.4, -0.2) is 22.2 Å². The van der Waals surface area contributed by atoms with Crippen LogP contribution in [0.5, 0.6) is 0 Å². The van der Waals surface area contributed by atoms with Crippen molar-refractivity contribution >= 4 is 0 Å². The molecule has 1 aliphatic carbocycles. The van der Waals surface area contributed by atoms with E-state index in [4.69, 9.17) is 5.11 Å². The molecule has 2 N–H and O–H groups in total. The van der Waals surface area contributed by atoms with Crippen molar-refractivity contribution in [2.45, 2.75) is 31.8 Å². The smallest absolute Gasteiger partial charge is 0.0613 e. The topological polar surface area (TPSA) is 45.2 Å². The Kier molecular flexibility index (Phi) is 2.52. The zero-order valence-electron chi connectivity index (χ0n) is 8.45. The van der Waals surface area contributed by atoms with Crippen molar-refractivity contribution in [2.24, 2.45) is 0 Å². The molecule has 0 bridgehead atoms. The lowest BCUT2D eigenvalue weighted by Gasteiger charge is -2.14. The Balaban J connectivity index is 1.95. The molecule has 76 valence electrons. The van der Waals surface area contributed by atoms with E-state index in [1.165, 1.54) is 11.1 Å². The fourth-order valence-corrected chi connectivity index (χ4v) is 1.51. The summed E-state index contributed by atoms with van der Waals surface area (Å²) in [4.78, 5) is 4.09. The fraction of sp³-hybridized carbons (Fsp3) is 0.545. The van der Waals surface area contributed by atoms with E-state index in [9.17, 15) is 0 Å². The number of hydrogen-bond acceptors (Lipinski definition) is 3. The van der Waals surface area contributed by atoms with E-state index >= 15 is 0 Å². The Labute approximate surface area is 84.2 Å². The lowest BCUT2D eigenvalue weighted by Crippen LogP contribution is -2.34. The third-order valence-electron chi connectivity index (χ3n) is 2.96. The van der Waals surface area contributed by atoms with Gasteiger partial charge >= 0.3 is 0 Å². The molecule has 0 spiro atoms. The molecule has 1 saturated carbocycles. The molecule has 3 nitrogen and oxygen atoms in total. The highest BCUT2D eigenvalue weighted by molar-refractivity contribution is 5.21. The maximum absolute atomic E-state index is 9.13. The van der Waals surface area contributed by atoms with Gasteiger partial charge in [0.25, 0.3) is 0 Å². The molecule has 2 rings (SSSR count). The second-order valence-electron chi connectivity index (χ2n) is 4.09. The van der Waals surface area contributed by atoms with Crippen LogP contribution in [0.2, 0.25) is 0 Å². The Morgan fingerprint density at radius 2 is 2.36 bits per heavy atom. The molecule has 1 fully saturated rings. The normalized spacial score (nSPS) is 18.1. The second kappa shape index (κ2) is 3.67. The summed E-state index contributed by atoms with van der Waals surface area (Å²) < 4.78 is 0. The number of pyridine rings is 1. The molecule has 14 heavy (non-hydrogen) atoms. The van der Waals surface area contributed by atoms with Crippen molar-refractivity contribution < 1.29 is 5.11 Å². The number of aliphatic hydroxyl groups excluding tert-OH is 1. The molecule has 0 radical (unpaired) electrons. The van der Waals surface area contributed by atoms with Crippen LogP contribution in [0.15, 0.2) is 18.5 Å². The van der Waals surface area contributed by atoms with Crippen LogP contribution in [0.1, 0.15) is 24.0 Å². The molecule has 0 unspecified atom stereocenters. The zero-order chi connectivity index (χ0) is 10.0. The number of rotatable bonds is 4. The first-order chi connectivity index (χ1) is 6.76. The number of aromatic nitrogens is 1. The van der Waals surface area contributed by atoms with Crippen molar-refractivity contribution in [1.29, 1.82) is 0 Å². The number of aliphatic hydroxyl groups is 1. The van der Waals surface area contributed by atoms with Crippen LogP contribution >= 0.6 is 0 Å². The molecule has 0 amide bonds. The van der Waals surface area contributed by atoms with Crippen LogP contribution in [0.4, 0.5) is 0 Å². The minimum atomic E-state index is 0.0162. The van der Waals surface area contributed by atoms with Crippen LogP contribution in [0.25, 0.3) is 0 Å². The van der Waals surface area contributed by atoms with Gasteiger partial charge in [0.15, 0.2) is 0 Å². The van der Waals surface area contributed by atoms with Crippen LogP contribution in [0.3, 0.4) is 0 Å². The van der Waals surface area contributed by atoms with E-state index in [0.717, 1.165) is 19.4 Å². The van der Waals surface area contributed by atoms with E-state index in [-0.39, 0.29) is 12.1 Å². The molecule has 0 aliphatic heterocycles. The highest BCUT2D eigenvalue weighted by Gasteiger charge is 2.41. The summed E-state index contributed by atoms with van der Waals surface area (Å²) in [7, 11) is 0. The summed E-state index contributed by atoms with van der Waals surface area (Å²) in [5, 5.41) is 12.5. The lowest BCUT2D eigenvalue weighted by molar-refractivity contribution is 0.229. The molecule has 0 aromatic carbocycles. The predicted molar refractivity (Wildman–Crippen MR) is 54.9 cm³/mol. The molecule has 0 saturated heterocycles. The third kappa shape index (κ3) is 1.94. The molecule has 1 aromatic heterocycles. The summed E-state index contributed by atoms with van der Waals surface area (Å²) in [5.74, 6) is 0. The van der Waals surface area contributed by atoms with Gasteiger partial charge < -0.3 is 10.4 Å². The number of nitrogens with one attached hydrogen (secondary N) is 1. The predicted octanol–water partition coefficient (Wildman–Crippen LogP) is 1.00. The van der Waals surface area contributed by atoms with Gasteiger partial charge in [-0.1, -0.05) is 0 Å². The molecule has 1 aromatic rings. The Morgan fingerprint density at radius 1 is 1.57 bits per heavy atom. The van der Waals surface area contributed by atoms with Gasteiger partial charge in [-0.3, -0.25) is 4.98 Å². The average molecular weight is 192 g/mol. The highest BCUT2D eigenvalue weighted by atomic mass is 16.3. The van der Waals surface area contributed by atoms with Crippen LogP contribution in [-0.2, 0) is 6.54 Å². The molecule has 1 heterocycles. The average Bonchev–Trinajstić information content (AvgIpc) is 2.98. The highest BCUT2D eigenvalue weighted by Crippen LogP contribution is 2.34. The first-order valence-electron chi connectivity index (χ1n) is 5.01. The fourth-order valence-electron chi connectivity index (χ4n) is 1.51. The van der Waals surface area contributed by atoms with Gasteiger partial charge in [0, 0.05) is 24.5 Å². The van der Waals surface area contributed by atoms with Gasteiger partial charge in [-0.25, -0.2) is 0 Å². The van der Waals surface area contributed by atoms with Gasteiger partial charge in [0.1, 0.15) is 0 Å². The van der Waals surface area contributed by atoms with E-state index in [1.54, 1.807) is 6.20 Å². The van der Waals surface area contributed by atoms with Gasteiger partial charge in [0.05, 0.1) is 6.61 Å². The van der Waals surface area contributed by atoms with Gasteiger partial charge in [-0.2, -0.15) is 0 Å². The van der Waals surface area contributed by atoms with Gasteiger partial charge in [-0.15, -0.1) is 0 Å². The standard InChI is InChI=1S/C11H16N2O/c1-9-2-5-12-6-10(9)7-13-11(8-14)3-4-11/h2,5-6,13-14H,3-4,7-8H2,1H3. The minimum absolute atomic E-state index is 0.0162. The van der Waals surface area contributed by atoms with E-state index in [2.05, 4.69) is 17.2 Å². The monoisotopic (exact) mass is 192 g/mol. The molecular weight excluding hydrogens is 176 g/mol. The molecular formula is C11H16N2O. The Morgan fingerprint density at radius 3 is 2.93 bits per heavy atom. The summed E-state index contributed by atoms with van der Waals surface area (Å²) in [5.41, 5.74) is 2.48. The van der Waals surface area contributed by atoms with Crippen molar-refractivity contribution in [2.75, 3.05) is 6.61 Å². The Hall–Kier alpha value is -0.930. The summed E-state index contributed by atoms with van der Waals surface area (Å²) in [6.07, 6.45) is 5.86. The summed E-state index contributed by atoms with van der Waals surface area (Å²) >= 11 is 0. The zero-order valence-corrected chi connectivity index (χ0v) is 8.45. The molecule has 1 aliphatic rings. The van der Waals surface area contributed by atoms with E-state index in [0.29, 0.717) is 0 Å². The van der Waals surface area contributed by atoms with Crippen molar-refractivity contribution in [3.05, 3.63) is 29.6 Å². The SMILES string of the molecule is Cc1ccncc1CNC1(CO)CC1. The van der Waals surface area contributed by atoms with Crippen LogP contribution < -0.4 is 5.32 Å². The number of hydrogen-bond donors (Lipinski definition) is 2. The Bertz CT molecular complexity index is 321. The number of aryl methyl sites for hydroxylation is 1. The largest absolute Gasteiger partial charge is 0.394 e. The first-order valence-corrected chi connectivity index (χ1v) is 5.01. The quantitative estimate of drug-likeness (QED) is 0.748. The first kappa shape index (κ1) is 9.62. The van der Waals surface area contributed by atoms with Crippen molar-refractivity contribution in [1.82, 2.24) is 10.3 Å². The van der Waals surface area contributed by atoms with E-state index in [1.807, 2.05) is 12.3 Å². The minimum Gasteiger partial charge on any atom is -0.394 e. The number of nitrogens with zero attached hydrogens (tertiary/aromatic N) is 1. The maximum Gasteiger partial charge on any atom is 0.0613 e. The lowest BCUT2D eigenvalue weighted by atomic mass is 10.1. The van der Waals surface area contributed by atoms with Crippen LogP contribution in [0, 0.1) is 6.92 Å². The van der Waals surface area contributed by atoms with Crippen molar-refractivity contribution in [3.63, 3.8) is 0 Å². The van der Waals surface area contributed by atoms with Gasteiger partial charge in [-0.05, 0) is 37.0 Å². The summed E-state index contributed by atoms with van der Waals surface area (Å²) in [6, 6.07) is 2.01. The van der Waals surface area contributed by atoms with E-state index < -0.39 is 0 Å². The molecule has 0 atom stereocenters. The molecule has 3 heteroatoms. The van der Waals surface area contributed by atoms with Crippen molar-refractivity contribution in [3.8, 4) is 0 Å². The van der Waals surface area contributed by atoms with Gasteiger partial charge in [0.2, 0.25) is 0 Å². The summed E-state index contributed by atoms with van der Waals surface area (Å²) in [6.45, 7) is 3.13.